The van der Waals surface area contributed by atoms with E-state index in [1.165, 1.54) is 4.88 Å². The van der Waals surface area contributed by atoms with Crippen LogP contribution in [0.15, 0.2) is 72.4 Å². The van der Waals surface area contributed by atoms with E-state index in [-0.39, 0.29) is 0 Å². The predicted molar refractivity (Wildman–Crippen MR) is 117 cm³/mol. The van der Waals surface area contributed by atoms with Gasteiger partial charge in [0.05, 0.1) is 18.9 Å². The summed E-state index contributed by atoms with van der Waals surface area (Å²) in [6.45, 7) is 3.10. The number of hydrogen-bond acceptors (Lipinski definition) is 6. The predicted octanol–water partition coefficient (Wildman–Crippen LogP) is 4.77. The first-order valence-electron chi connectivity index (χ1n) is 9.63. The highest BCUT2D eigenvalue weighted by atomic mass is 32.1. The standard InChI is InChI=1S/C23H20N4OS/c1-2-5-17(6-3-1)23-25-20(14-22(26-23)27-8-10-28-11-9-27)18-13-19(16-24-15-18)21-7-4-12-29-21/h1-7,12-16H,8-11H2. The van der Waals surface area contributed by atoms with Crippen molar-refractivity contribution in [1.29, 1.82) is 0 Å². The van der Waals surface area contributed by atoms with Gasteiger partial charge in [0.2, 0.25) is 0 Å². The van der Waals surface area contributed by atoms with E-state index in [1.807, 2.05) is 42.7 Å². The van der Waals surface area contributed by atoms with Gasteiger partial charge in [-0.05, 0) is 17.5 Å². The van der Waals surface area contributed by atoms with Crippen LogP contribution in [0.25, 0.3) is 33.1 Å². The molecule has 6 heteroatoms. The van der Waals surface area contributed by atoms with E-state index in [9.17, 15) is 0 Å². The normalized spacial score (nSPS) is 14.1. The second-order valence-corrected chi connectivity index (χ2v) is 7.79. The third-order valence-electron chi connectivity index (χ3n) is 4.92. The number of thiophene rings is 1. The molecule has 1 aromatic carbocycles. The van der Waals surface area contributed by atoms with Gasteiger partial charge < -0.3 is 9.64 Å². The number of hydrogen-bond donors (Lipinski definition) is 0. The van der Waals surface area contributed by atoms with Crippen LogP contribution in [0.2, 0.25) is 0 Å². The van der Waals surface area contributed by atoms with Crippen molar-refractivity contribution < 1.29 is 4.74 Å². The van der Waals surface area contributed by atoms with Gasteiger partial charge in [0.25, 0.3) is 0 Å². The second kappa shape index (κ2) is 8.11. The van der Waals surface area contributed by atoms with Gasteiger partial charge >= 0.3 is 0 Å². The van der Waals surface area contributed by atoms with Crippen LogP contribution in [-0.4, -0.2) is 41.3 Å². The number of pyridine rings is 1. The molecule has 144 valence electrons. The Bertz CT molecular complexity index is 1090. The van der Waals surface area contributed by atoms with Crippen LogP contribution < -0.4 is 4.90 Å². The lowest BCUT2D eigenvalue weighted by Crippen LogP contribution is -2.36. The molecule has 4 heterocycles. The van der Waals surface area contributed by atoms with Crippen molar-refractivity contribution in [2.24, 2.45) is 0 Å². The molecule has 5 nitrogen and oxygen atoms in total. The number of rotatable bonds is 4. The molecule has 0 bridgehead atoms. The molecule has 1 aliphatic rings. The van der Waals surface area contributed by atoms with E-state index < -0.39 is 0 Å². The molecule has 1 fully saturated rings. The van der Waals surface area contributed by atoms with Gasteiger partial charge in [-0.15, -0.1) is 11.3 Å². The first-order valence-corrected chi connectivity index (χ1v) is 10.5. The van der Waals surface area contributed by atoms with Crippen molar-refractivity contribution in [3.05, 3.63) is 72.4 Å². The van der Waals surface area contributed by atoms with Gasteiger partial charge in [-0.25, -0.2) is 9.97 Å². The van der Waals surface area contributed by atoms with Crippen molar-refractivity contribution in [3.8, 4) is 33.1 Å². The maximum atomic E-state index is 5.51. The van der Waals surface area contributed by atoms with Crippen LogP contribution in [0.1, 0.15) is 0 Å². The first kappa shape index (κ1) is 18.0. The lowest BCUT2D eigenvalue weighted by molar-refractivity contribution is 0.122. The van der Waals surface area contributed by atoms with Crippen LogP contribution >= 0.6 is 11.3 Å². The minimum absolute atomic E-state index is 0.718. The number of nitrogens with zero attached hydrogens (tertiary/aromatic N) is 4. The lowest BCUT2D eigenvalue weighted by Gasteiger charge is -2.28. The maximum Gasteiger partial charge on any atom is 0.162 e. The summed E-state index contributed by atoms with van der Waals surface area (Å²) in [5.74, 6) is 1.66. The molecule has 0 spiro atoms. The van der Waals surface area contributed by atoms with Crippen molar-refractivity contribution >= 4 is 17.2 Å². The Hall–Kier alpha value is -3.09. The van der Waals surface area contributed by atoms with E-state index in [0.717, 1.165) is 60.3 Å². The average molecular weight is 401 g/mol. The van der Waals surface area contributed by atoms with Crippen molar-refractivity contribution in [3.63, 3.8) is 0 Å². The zero-order valence-corrected chi connectivity index (χ0v) is 16.7. The van der Waals surface area contributed by atoms with Crippen LogP contribution in [0.5, 0.6) is 0 Å². The highest BCUT2D eigenvalue weighted by Crippen LogP contribution is 2.30. The number of anilines is 1. The molecule has 0 aliphatic carbocycles. The highest BCUT2D eigenvalue weighted by Gasteiger charge is 2.17. The van der Waals surface area contributed by atoms with Crippen molar-refractivity contribution in [2.75, 3.05) is 31.2 Å². The Kier molecular flexibility index (Phi) is 5.02. The quantitative estimate of drug-likeness (QED) is 0.494. The van der Waals surface area contributed by atoms with Gasteiger partial charge in [0.15, 0.2) is 5.82 Å². The molecule has 0 saturated carbocycles. The molecule has 29 heavy (non-hydrogen) atoms. The van der Waals surface area contributed by atoms with Gasteiger partial charge in [0.1, 0.15) is 5.82 Å². The summed E-state index contributed by atoms with van der Waals surface area (Å²) in [5.41, 5.74) is 3.98. The summed E-state index contributed by atoms with van der Waals surface area (Å²) < 4.78 is 5.51. The van der Waals surface area contributed by atoms with Crippen LogP contribution in [0.4, 0.5) is 5.82 Å². The minimum Gasteiger partial charge on any atom is -0.378 e. The Morgan fingerprint density at radius 1 is 0.828 bits per heavy atom. The van der Waals surface area contributed by atoms with Crippen LogP contribution in [-0.2, 0) is 4.74 Å². The van der Waals surface area contributed by atoms with Crippen LogP contribution in [0, 0.1) is 0 Å². The molecule has 3 aromatic heterocycles. The molecule has 1 saturated heterocycles. The van der Waals surface area contributed by atoms with E-state index in [4.69, 9.17) is 14.7 Å². The maximum absolute atomic E-state index is 5.51. The third kappa shape index (κ3) is 3.90. The number of ether oxygens (including phenoxy) is 1. The second-order valence-electron chi connectivity index (χ2n) is 6.84. The Morgan fingerprint density at radius 3 is 2.45 bits per heavy atom. The van der Waals surface area contributed by atoms with Gasteiger partial charge in [-0.3, -0.25) is 4.98 Å². The molecule has 0 N–H and O–H groups in total. The molecule has 0 amide bonds. The van der Waals surface area contributed by atoms with Gasteiger partial charge in [0, 0.05) is 53.1 Å². The molecular formula is C23H20N4OS. The van der Waals surface area contributed by atoms with E-state index in [0.29, 0.717) is 0 Å². The fourth-order valence-corrected chi connectivity index (χ4v) is 4.12. The zero-order valence-electron chi connectivity index (χ0n) is 15.9. The van der Waals surface area contributed by atoms with E-state index in [2.05, 4.69) is 39.5 Å². The molecule has 0 unspecified atom stereocenters. The monoisotopic (exact) mass is 400 g/mol. The van der Waals surface area contributed by atoms with E-state index in [1.54, 1.807) is 11.3 Å². The summed E-state index contributed by atoms with van der Waals surface area (Å²) in [7, 11) is 0. The Morgan fingerprint density at radius 2 is 1.66 bits per heavy atom. The Labute approximate surface area is 173 Å². The van der Waals surface area contributed by atoms with Crippen LogP contribution in [0.3, 0.4) is 0 Å². The summed E-state index contributed by atoms with van der Waals surface area (Å²) >= 11 is 1.71. The smallest absolute Gasteiger partial charge is 0.162 e. The zero-order chi connectivity index (χ0) is 19.5. The number of morpholine rings is 1. The minimum atomic E-state index is 0.718. The van der Waals surface area contributed by atoms with Gasteiger partial charge in [-0.2, -0.15) is 0 Å². The van der Waals surface area contributed by atoms with Crippen molar-refractivity contribution in [2.45, 2.75) is 0 Å². The molecular weight excluding hydrogens is 380 g/mol. The van der Waals surface area contributed by atoms with Crippen molar-refractivity contribution in [1.82, 2.24) is 15.0 Å². The summed E-state index contributed by atoms with van der Waals surface area (Å²) in [5, 5.41) is 2.08. The molecule has 1 aliphatic heterocycles. The first-order chi connectivity index (χ1) is 14.4. The fraction of sp³-hybridized carbons (Fsp3) is 0.174. The molecule has 0 radical (unpaired) electrons. The summed E-state index contributed by atoms with van der Waals surface area (Å²) in [6.07, 6.45) is 3.77. The largest absolute Gasteiger partial charge is 0.378 e. The fourth-order valence-electron chi connectivity index (χ4n) is 3.41. The summed E-state index contributed by atoms with van der Waals surface area (Å²) in [6, 6.07) is 18.5. The number of benzene rings is 1. The lowest BCUT2D eigenvalue weighted by atomic mass is 10.1. The molecule has 4 aromatic rings. The highest BCUT2D eigenvalue weighted by molar-refractivity contribution is 7.13. The average Bonchev–Trinajstić information content (AvgIpc) is 3.35. The van der Waals surface area contributed by atoms with Gasteiger partial charge in [-0.1, -0.05) is 36.4 Å². The van der Waals surface area contributed by atoms with E-state index >= 15 is 0 Å². The topological polar surface area (TPSA) is 51.1 Å². The molecule has 0 atom stereocenters. The SMILES string of the molecule is c1ccc(-c2nc(-c3cncc(-c4cccs4)c3)cc(N3CCOCC3)n2)cc1. The summed E-state index contributed by atoms with van der Waals surface area (Å²) in [4.78, 5) is 17.7. The third-order valence-corrected chi connectivity index (χ3v) is 5.84. The molecule has 5 rings (SSSR count). The Balaban J connectivity index is 1.61. The number of aromatic nitrogens is 3.